The van der Waals surface area contributed by atoms with Crippen LogP contribution in [0.2, 0.25) is 0 Å². The number of hydrogen-bond donors (Lipinski definition) is 1. The van der Waals surface area contributed by atoms with Crippen molar-refractivity contribution < 1.29 is 0 Å². The fourth-order valence-corrected chi connectivity index (χ4v) is 3.16. The summed E-state index contributed by atoms with van der Waals surface area (Å²) in [5, 5.41) is 16.8. The van der Waals surface area contributed by atoms with Gasteiger partial charge in [0.05, 0.1) is 12.2 Å². The first-order valence-electron chi connectivity index (χ1n) is 8.29. The Balaban J connectivity index is 0.00000192. The van der Waals surface area contributed by atoms with Crippen LogP contribution < -0.4 is 5.32 Å². The van der Waals surface area contributed by atoms with Gasteiger partial charge in [0.15, 0.2) is 0 Å². The summed E-state index contributed by atoms with van der Waals surface area (Å²) < 4.78 is 4.20. The van der Waals surface area contributed by atoms with Gasteiger partial charge in [0.1, 0.15) is 11.6 Å². The molecule has 0 bridgehead atoms. The molecular formula is C16H27ClN6. The number of aromatic nitrogens is 5. The third kappa shape index (κ3) is 4.12. The monoisotopic (exact) mass is 338 g/mol. The highest BCUT2D eigenvalue weighted by atomic mass is 35.5. The summed E-state index contributed by atoms with van der Waals surface area (Å²) >= 11 is 0. The Morgan fingerprint density at radius 2 is 2.00 bits per heavy atom. The lowest BCUT2D eigenvalue weighted by atomic mass is 10.1. The van der Waals surface area contributed by atoms with Crippen LogP contribution >= 0.6 is 12.4 Å². The summed E-state index contributed by atoms with van der Waals surface area (Å²) in [6.45, 7) is 7.01. The van der Waals surface area contributed by atoms with Gasteiger partial charge in [-0.2, -0.15) is 5.10 Å². The third-order valence-corrected chi connectivity index (χ3v) is 4.27. The summed E-state index contributed by atoms with van der Waals surface area (Å²) in [6.07, 6.45) is 6.93. The van der Waals surface area contributed by atoms with Gasteiger partial charge in [-0.25, -0.2) is 0 Å². The van der Waals surface area contributed by atoms with Crippen molar-refractivity contribution in [3.8, 4) is 0 Å². The van der Waals surface area contributed by atoms with Crippen molar-refractivity contribution in [2.75, 3.05) is 0 Å². The second-order valence-electron chi connectivity index (χ2n) is 6.47. The molecule has 0 saturated carbocycles. The molecule has 1 aliphatic heterocycles. The molecule has 0 fully saturated rings. The largest absolute Gasteiger partial charge is 0.314 e. The summed E-state index contributed by atoms with van der Waals surface area (Å²) in [6, 6.07) is 0. The van der Waals surface area contributed by atoms with Gasteiger partial charge in [0, 0.05) is 38.3 Å². The molecule has 7 heteroatoms. The van der Waals surface area contributed by atoms with Crippen LogP contribution in [0, 0.1) is 0 Å². The fraction of sp³-hybridized carbons (Fsp3) is 0.688. The number of nitrogens with one attached hydrogen (secondary N) is 1. The van der Waals surface area contributed by atoms with E-state index in [0.717, 1.165) is 37.7 Å². The van der Waals surface area contributed by atoms with Crippen LogP contribution in [0.3, 0.4) is 0 Å². The Morgan fingerprint density at radius 3 is 2.78 bits per heavy atom. The Labute approximate surface area is 144 Å². The van der Waals surface area contributed by atoms with Crippen LogP contribution in [0.25, 0.3) is 0 Å². The summed E-state index contributed by atoms with van der Waals surface area (Å²) in [4.78, 5) is 0. The molecule has 0 aromatic carbocycles. The van der Waals surface area contributed by atoms with E-state index >= 15 is 0 Å². The smallest absolute Gasteiger partial charge is 0.147 e. The molecule has 1 aliphatic rings. The standard InChI is InChI=1S/C16H26N6.ClH/c1-12(2)16-13(11-21(3)20-16)9-17-10-15-19-18-14-7-5-4-6-8-22(14)15;/h11-12,17H,4-10H2,1-3H3;1H. The second-order valence-corrected chi connectivity index (χ2v) is 6.47. The second kappa shape index (κ2) is 7.93. The van der Waals surface area contributed by atoms with Crippen LogP contribution in [0.1, 0.15) is 61.9 Å². The predicted octanol–water partition coefficient (Wildman–Crippen LogP) is 2.57. The highest BCUT2D eigenvalue weighted by Crippen LogP contribution is 2.17. The Morgan fingerprint density at radius 1 is 1.17 bits per heavy atom. The lowest BCUT2D eigenvalue weighted by Crippen LogP contribution is -2.18. The van der Waals surface area contributed by atoms with Crippen molar-refractivity contribution in [1.29, 1.82) is 0 Å². The molecule has 3 rings (SSSR count). The first kappa shape index (κ1) is 17.9. The van der Waals surface area contributed by atoms with E-state index in [4.69, 9.17) is 0 Å². The van der Waals surface area contributed by atoms with Crippen molar-refractivity contribution in [2.24, 2.45) is 7.05 Å². The van der Waals surface area contributed by atoms with E-state index in [-0.39, 0.29) is 12.4 Å². The van der Waals surface area contributed by atoms with Crippen molar-refractivity contribution in [3.05, 3.63) is 29.1 Å². The summed E-state index contributed by atoms with van der Waals surface area (Å²) in [5.41, 5.74) is 2.45. The van der Waals surface area contributed by atoms with Gasteiger partial charge in [-0.3, -0.25) is 4.68 Å². The maximum Gasteiger partial charge on any atom is 0.147 e. The van der Waals surface area contributed by atoms with Crippen LogP contribution in [0.4, 0.5) is 0 Å². The summed E-state index contributed by atoms with van der Waals surface area (Å²) in [5.74, 6) is 2.66. The average molecular weight is 339 g/mol. The highest BCUT2D eigenvalue weighted by Gasteiger charge is 2.15. The van der Waals surface area contributed by atoms with Gasteiger partial charge in [0.2, 0.25) is 0 Å². The number of rotatable bonds is 5. The van der Waals surface area contributed by atoms with Gasteiger partial charge < -0.3 is 9.88 Å². The lowest BCUT2D eigenvalue weighted by Gasteiger charge is -2.09. The van der Waals surface area contributed by atoms with Gasteiger partial charge in [0.25, 0.3) is 0 Å². The Bertz CT molecular complexity index is 631. The van der Waals surface area contributed by atoms with E-state index in [1.165, 1.54) is 30.5 Å². The Kier molecular flexibility index (Phi) is 6.18. The molecular weight excluding hydrogens is 312 g/mol. The third-order valence-electron chi connectivity index (χ3n) is 4.27. The van der Waals surface area contributed by atoms with E-state index in [0.29, 0.717) is 5.92 Å². The number of hydrogen-bond acceptors (Lipinski definition) is 4. The van der Waals surface area contributed by atoms with Gasteiger partial charge in [-0.1, -0.05) is 20.3 Å². The normalized spacial score (nSPS) is 14.4. The first-order chi connectivity index (χ1) is 10.6. The molecule has 0 amide bonds. The van der Waals surface area contributed by atoms with Gasteiger partial charge in [-0.15, -0.1) is 22.6 Å². The molecule has 128 valence electrons. The van der Waals surface area contributed by atoms with Crippen LogP contribution in [0.15, 0.2) is 6.20 Å². The maximum atomic E-state index is 4.55. The highest BCUT2D eigenvalue weighted by molar-refractivity contribution is 5.85. The van der Waals surface area contributed by atoms with E-state index in [9.17, 15) is 0 Å². The number of nitrogens with zero attached hydrogens (tertiary/aromatic N) is 5. The molecule has 0 unspecified atom stereocenters. The topological polar surface area (TPSA) is 60.6 Å². The molecule has 1 N–H and O–H groups in total. The molecule has 2 aromatic rings. The van der Waals surface area contributed by atoms with E-state index < -0.39 is 0 Å². The van der Waals surface area contributed by atoms with Crippen molar-refractivity contribution in [3.63, 3.8) is 0 Å². The molecule has 0 aliphatic carbocycles. The number of halogens is 1. The van der Waals surface area contributed by atoms with E-state index in [1.807, 2.05) is 11.7 Å². The maximum absolute atomic E-state index is 4.55. The SMILES string of the molecule is CC(C)c1nn(C)cc1CNCc1nnc2n1CCCCC2.Cl. The zero-order valence-electron chi connectivity index (χ0n) is 14.2. The molecule has 0 spiro atoms. The molecule has 23 heavy (non-hydrogen) atoms. The van der Waals surface area contributed by atoms with E-state index in [2.05, 4.69) is 45.2 Å². The Hall–Kier alpha value is -1.40. The minimum absolute atomic E-state index is 0. The number of fused-ring (bicyclic) bond motifs is 1. The zero-order valence-corrected chi connectivity index (χ0v) is 15.1. The quantitative estimate of drug-likeness (QED) is 0.910. The molecule has 0 atom stereocenters. The van der Waals surface area contributed by atoms with Crippen molar-refractivity contribution >= 4 is 12.4 Å². The molecule has 3 heterocycles. The lowest BCUT2D eigenvalue weighted by molar-refractivity contribution is 0.571. The molecule has 6 nitrogen and oxygen atoms in total. The minimum atomic E-state index is 0. The molecule has 2 aromatic heterocycles. The van der Waals surface area contributed by atoms with Crippen LogP contribution in [-0.4, -0.2) is 24.5 Å². The predicted molar refractivity (Wildman–Crippen MR) is 92.7 cm³/mol. The average Bonchev–Trinajstić information content (AvgIpc) is 2.95. The minimum Gasteiger partial charge on any atom is -0.314 e. The molecule has 0 radical (unpaired) electrons. The van der Waals surface area contributed by atoms with Crippen LogP contribution in [0.5, 0.6) is 0 Å². The summed E-state index contributed by atoms with van der Waals surface area (Å²) in [7, 11) is 1.98. The van der Waals surface area contributed by atoms with Gasteiger partial charge >= 0.3 is 0 Å². The first-order valence-corrected chi connectivity index (χ1v) is 8.29. The molecule has 0 saturated heterocycles. The zero-order chi connectivity index (χ0) is 15.5. The fourth-order valence-electron chi connectivity index (χ4n) is 3.16. The van der Waals surface area contributed by atoms with E-state index in [1.54, 1.807) is 0 Å². The number of aryl methyl sites for hydroxylation is 2. The van der Waals surface area contributed by atoms with Crippen molar-refractivity contribution in [1.82, 2.24) is 29.9 Å². The van der Waals surface area contributed by atoms with Crippen LogP contribution in [-0.2, 0) is 33.1 Å². The van der Waals surface area contributed by atoms with Gasteiger partial charge in [-0.05, 0) is 18.8 Å². The van der Waals surface area contributed by atoms with Crippen molar-refractivity contribution in [2.45, 2.75) is 65.1 Å².